The first kappa shape index (κ1) is 21.2. The molecule has 0 aliphatic carbocycles. The molecule has 6 nitrogen and oxygen atoms in total. The lowest BCUT2D eigenvalue weighted by Gasteiger charge is -2.37. The molecule has 1 aromatic heterocycles. The Morgan fingerprint density at radius 2 is 1.61 bits per heavy atom. The van der Waals surface area contributed by atoms with Crippen LogP contribution < -0.4 is 4.90 Å². The Morgan fingerprint density at radius 3 is 2.26 bits per heavy atom. The highest BCUT2D eigenvalue weighted by Gasteiger charge is 2.30. The van der Waals surface area contributed by atoms with Gasteiger partial charge in [0.25, 0.3) is 5.91 Å². The highest BCUT2D eigenvalue weighted by atomic mass is 32.2. The Bertz CT molecular complexity index is 1120. The van der Waals surface area contributed by atoms with E-state index in [4.69, 9.17) is 4.42 Å². The second-order valence-electron chi connectivity index (χ2n) is 7.82. The van der Waals surface area contributed by atoms with Crippen LogP contribution in [-0.2, 0) is 15.6 Å². The van der Waals surface area contributed by atoms with E-state index in [0.29, 0.717) is 24.7 Å². The number of carbonyl (C=O) groups excluding carboxylic acids is 1. The summed E-state index contributed by atoms with van der Waals surface area (Å²) in [6.45, 7) is 1.21. The largest absolute Gasteiger partial charge is 0.459 e. The van der Waals surface area contributed by atoms with Crippen LogP contribution in [0, 0.1) is 0 Å². The zero-order chi connectivity index (χ0) is 21.8. The van der Waals surface area contributed by atoms with Crippen molar-refractivity contribution in [3.8, 4) is 0 Å². The number of nitrogens with zero attached hydrogens (tertiary/aromatic N) is 2. The number of hydrogen-bond acceptors (Lipinski definition) is 5. The minimum absolute atomic E-state index is 0.120. The van der Waals surface area contributed by atoms with Crippen molar-refractivity contribution < 1.29 is 17.6 Å². The van der Waals surface area contributed by atoms with Crippen LogP contribution in [0.15, 0.2) is 82.3 Å². The van der Waals surface area contributed by atoms with Gasteiger partial charge in [-0.2, -0.15) is 0 Å². The highest BCUT2D eigenvalue weighted by Crippen LogP contribution is 2.25. The Morgan fingerprint density at radius 1 is 1.00 bits per heavy atom. The molecule has 2 aromatic carbocycles. The summed E-state index contributed by atoms with van der Waals surface area (Å²) in [6.07, 6.45) is 3.07. The number of para-hydroxylation sites is 1. The molecule has 0 radical (unpaired) electrons. The molecule has 7 heteroatoms. The van der Waals surface area contributed by atoms with E-state index in [1.807, 2.05) is 18.2 Å². The Balaban J connectivity index is 1.42. The maximum absolute atomic E-state index is 13.1. The summed E-state index contributed by atoms with van der Waals surface area (Å²) in [4.78, 5) is 17.3. The lowest BCUT2D eigenvalue weighted by atomic mass is 10.0. The number of likely N-dealkylation sites (tertiary alicyclic amines) is 1. The lowest BCUT2D eigenvalue weighted by molar-refractivity contribution is 0.0680. The number of anilines is 1. The summed E-state index contributed by atoms with van der Waals surface area (Å²) >= 11 is 0. The Kier molecular flexibility index (Phi) is 6.13. The fourth-order valence-corrected chi connectivity index (χ4v) is 5.40. The molecule has 1 saturated heterocycles. The Hall–Kier alpha value is -3.06. The predicted octanol–water partition coefficient (Wildman–Crippen LogP) is 3.99. The third-order valence-electron chi connectivity index (χ3n) is 5.85. The molecule has 2 heterocycles. The molecular weight excluding hydrogens is 412 g/mol. The van der Waals surface area contributed by atoms with E-state index in [1.54, 1.807) is 41.3 Å². The van der Waals surface area contributed by atoms with Crippen LogP contribution in [0.1, 0.15) is 29.0 Å². The topological polar surface area (TPSA) is 70.8 Å². The van der Waals surface area contributed by atoms with Crippen molar-refractivity contribution in [2.75, 3.05) is 25.0 Å². The Labute approximate surface area is 183 Å². The van der Waals surface area contributed by atoms with Crippen LogP contribution in [0.2, 0.25) is 0 Å². The van der Waals surface area contributed by atoms with Crippen molar-refractivity contribution in [3.63, 3.8) is 0 Å². The molecule has 162 valence electrons. The van der Waals surface area contributed by atoms with Gasteiger partial charge in [-0.05, 0) is 43.2 Å². The third-order valence-corrected chi connectivity index (χ3v) is 7.53. The minimum Gasteiger partial charge on any atom is -0.459 e. The molecule has 0 atom stereocenters. The maximum atomic E-state index is 13.1. The molecule has 0 saturated carbocycles. The fourth-order valence-electron chi connectivity index (χ4n) is 4.03. The summed E-state index contributed by atoms with van der Waals surface area (Å²) in [5.41, 5.74) is 1.56. The molecule has 1 amide bonds. The maximum Gasteiger partial charge on any atom is 0.289 e. The van der Waals surface area contributed by atoms with Crippen molar-refractivity contribution in [1.82, 2.24) is 4.90 Å². The fraction of sp³-hybridized carbons (Fsp3) is 0.292. The number of hydrogen-bond donors (Lipinski definition) is 0. The monoisotopic (exact) mass is 438 g/mol. The highest BCUT2D eigenvalue weighted by molar-refractivity contribution is 7.90. The van der Waals surface area contributed by atoms with Crippen molar-refractivity contribution in [2.45, 2.75) is 29.5 Å². The second kappa shape index (κ2) is 8.98. The molecule has 1 aliphatic rings. The van der Waals surface area contributed by atoms with Crippen LogP contribution in [0.3, 0.4) is 0 Å². The number of sulfone groups is 1. The van der Waals surface area contributed by atoms with Gasteiger partial charge in [0, 0.05) is 37.4 Å². The number of amides is 1. The number of furan rings is 1. The van der Waals surface area contributed by atoms with Gasteiger partial charge in [-0.25, -0.2) is 8.42 Å². The second-order valence-corrected chi connectivity index (χ2v) is 9.81. The van der Waals surface area contributed by atoms with Gasteiger partial charge in [0.1, 0.15) is 0 Å². The molecule has 4 rings (SSSR count). The van der Waals surface area contributed by atoms with Gasteiger partial charge in [0.15, 0.2) is 15.6 Å². The van der Waals surface area contributed by atoms with E-state index in [-0.39, 0.29) is 22.3 Å². The summed E-state index contributed by atoms with van der Waals surface area (Å²) in [5, 5.41) is 0. The van der Waals surface area contributed by atoms with E-state index >= 15 is 0 Å². The van der Waals surface area contributed by atoms with Crippen molar-refractivity contribution in [3.05, 3.63) is 84.3 Å². The van der Waals surface area contributed by atoms with Gasteiger partial charge in [-0.1, -0.05) is 36.4 Å². The molecule has 0 bridgehead atoms. The van der Waals surface area contributed by atoms with E-state index in [0.717, 1.165) is 18.5 Å². The van der Waals surface area contributed by atoms with Crippen molar-refractivity contribution in [2.24, 2.45) is 0 Å². The number of benzene rings is 2. The van der Waals surface area contributed by atoms with Gasteiger partial charge >= 0.3 is 0 Å². The van der Waals surface area contributed by atoms with Gasteiger partial charge in [-0.15, -0.1) is 0 Å². The number of piperidine rings is 1. The van der Waals surface area contributed by atoms with Gasteiger partial charge in [0.05, 0.1) is 16.9 Å². The molecule has 3 aromatic rings. The van der Waals surface area contributed by atoms with E-state index in [9.17, 15) is 13.2 Å². The van der Waals surface area contributed by atoms with Crippen LogP contribution in [0.25, 0.3) is 0 Å². The van der Waals surface area contributed by atoms with Gasteiger partial charge in [0.2, 0.25) is 0 Å². The molecule has 31 heavy (non-hydrogen) atoms. The minimum atomic E-state index is -3.56. The first-order chi connectivity index (χ1) is 15.0. The molecule has 0 spiro atoms. The molecule has 1 aliphatic heterocycles. The average Bonchev–Trinajstić information content (AvgIpc) is 3.26. The SMILES string of the molecule is CN(c1ccccc1)C1CCN(C(=O)c2occc2CS(=O)(=O)c2ccccc2)CC1. The summed E-state index contributed by atoms with van der Waals surface area (Å²) in [7, 11) is -1.48. The first-order valence-electron chi connectivity index (χ1n) is 10.4. The van der Waals surface area contributed by atoms with Gasteiger partial charge in [-0.3, -0.25) is 4.79 Å². The average molecular weight is 439 g/mol. The predicted molar refractivity (Wildman–Crippen MR) is 120 cm³/mol. The normalized spacial score (nSPS) is 15.1. The molecule has 0 unspecified atom stereocenters. The van der Waals surface area contributed by atoms with Crippen molar-refractivity contribution in [1.29, 1.82) is 0 Å². The zero-order valence-electron chi connectivity index (χ0n) is 17.5. The molecular formula is C24H26N2O4S. The smallest absolute Gasteiger partial charge is 0.289 e. The van der Waals surface area contributed by atoms with E-state index < -0.39 is 9.84 Å². The lowest BCUT2D eigenvalue weighted by Crippen LogP contribution is -2.45. The molecule has 0 N–H and O–H groups in total. The summed E-state index contributed by atoms with van der Waals surface area (Å²) in [5.74, 6) is -0.389. The number of carbonyl (C=O) groups is 1. The first-order valence-corrected chi connectivity index (χ1v) is 12.0. The summed E-state index contributed by atoms with van der Waals surface area (Å²) < 4.78 is 30.9. The number of rotatable bonds is 6. The van der Waals surface area contributed by atoms with Gasteiger partial charge < -0.3 is 14.2 Å². The van der Waals surface area contributed by atoms with E-state index in [2.05, 4.69) is 24.1 Å². The quantitative estimate of drug-likeness (QED) is 0.582. The van der Waals surface area contributed by atoms with Crippen LogP contribution in [0.5, 0.6) is 0 Å². The van der Waals surface area contributed by atoms with Crippen LogP contribution in [0.4, 0.5) is 5.69 Å². The molecule has 1 fully saturated rings. The third kappa shape index (κ3) is 4.66. The standard InChI is InChI=1S/C24H26N2O4S/c1-25(20-8-4-2-5-9-20)21-12-15-26(16-13-21)24(27)23-19(14-17-30-23)18-31(28,29)22-10-6-3-7-11-22/h2-11,14,17,21H,12-13,15-16,18H2,1H3. The summed E-state index contributed by atoms with van der Waals surface area (Å²) in [6, 6.07) is 20.4. The van der Waals surface area contributed by atoms with E-state index in [1.165, 1.54) is 6.26 Å². The van der Waals surface area contributed by atoms with Crippen LogP contribution >= 0.6 is 0 Å². The van der Waals surface area contributed by atoms with Crippen molar-refractivity contribution >= 4 is 21.4 Å². The van der Waals surface area contributed by atoms with Crippen LogP contribution in [-0.4, -0.2) is 45.4 Å². The zero-order valence-corrected chi connectivity index (χ0v) is 18.3.